The van der Waals surface area contributed by atoms with E-state index in [4.69, 9.17) is 0 Å². The molecule has 1 aliphatic rings. The first-order valence-corrected chi connectivity index (χ1v) is 8.59. The van der Waals surface area contributed by atoms with Gasteiger partial charge in [0.1, 0.15) is 17.6 Å². The number of benzene rings is 2. The summed E-state index contributed by atoms with van der Waals surface area (Å²) < 4.78 is 26.8. The minimum absolute atomic E-state index is 0.320. The lowest BCUT2D eigenvalue weighted by Gasteiger charge is -2.24. The third-order valence-electron chi connectivity index (χ3n) is 4.58. The molecule has 6 heteroatoms. The molecule has 2 aromatic carbocycles. The minimum Gasteiger partial charge on any atom is -0.325 e. The number of anilines is 2. The summed E-state index contributed by atoms with van der Waals surface area (Å²) in [4.78, 5) is 27.0. The molecule has 1 fully saturated rings. The number of hydrogen-bond donors (Lipinski definition) is 1. The molecule has 1 atom stereocenters. The van der Waals surface area contributed by atoms with Crippen LogP contribution in [0.2, 0.25) is 0 Å². The van der Waals surface area contributed by atoms with E-state index in [2.05, 4.69) is 5.32 Å². The van der Waals surface area contributed by atoms with E-state index in [1.165, 1.54) is 35.2 Å². The standard InChI is InChI=1S/C20H20F2N2O2/c1-13-5-8-15(12-18(13)22)23-19(25)17-4-2-3-11-24(20(17)26)16-9-6-14(21)7-10-16/h5-10,12,17H,2-4,11H2,1H3,(H,23,25). The summed E-state index contributed by atoms with van der Waals surface area (Å²) in [5.41, 5.74) is 1.37. The molecule has 2 amide bonds. The van der Waals surface area contributed by atoms with Crippen molar-refractivity contribution in [3.8, 4) is 0 Å². The number of carbonyl (C=O) groups is 2. The van der Waals surface area contributed by atoms with E-state index in [0.717, 1.165) is 12.8 Å². The molecular formula is C20H20F2N2O2. The fourth-order valence-corrected chi connectivity index (χ4v) is 3.06. The second-order valence-corrected chi connectivity index (χ2v) is 6.47. The van der Waals surface area contributed by atoms with Gasteiger partial charge in [-0.25, -0.2) is 8.78 Å². The van der Waals surface area contributed by atoms with Crippen LogP contribution in [0.5, 0.6) is 0 Å². The molecule has 4 nitrogen and oxygen atoms in total. The van der Waals surface area contributed by atoms with Crippen molar-refractivity contribution in [1.29, 1.82) is 0 Å². The highest BCUT2D eigenvalue weighted by Crippen LogP contribution is 2.25. The SMILES string of the molecule is Cc1ccc(NC(=O)C2CCCCN(c3ccc(F)cc3)C2=O)cc1F. The number of amides is 2. The largest absolute Gasteiger partial charge is 0.325 e. The van der Waals surface area contributed by atoms with E-state index in [-0.39, 0.29) is 11.7 Å². The van der Waals surface area contributed by atoms with Gasteiger partial charge in [-0.3, -0.25) is 9.59 Å². The zero-order chi connectivity index (χ0) is 18.7. The Kier molecular flexibility index (Phi) is 5.30. The van der Waals surface area contributed by atoms with Gasteiger partial charge in [-0.1, -0.05) is 12.5 Å². The molecular weight excluding hydrogens is 338 g/mol. The highest BCUT2D eigenvalue weighted by Gasteiger charge is 2.33. The molecule has 0 aliphatic carbocycles. The Morgan fingerprint density at radius 3 is 2.54 bits per heavy atom. The van der Waals surface area contributed by atoms with Crippen molar-refractivity contribution in [2.24, 2.45) is 5.92 Å². The van der Waals surface area contributed by atoms with Gasteiger partial charge >= 0.3 is 0 Å². The summed E-state index contributed by atoms with van der Waals surface area (Å²) in [6.07, 6.45) is 1.91. The third-order valence-corrected chi connectivity index (χ3v) is 4.58. The predicted octanol–water partition coefficient (Wildman–Crippen LogP) is 4.05. The fourth-order valence-electron chi connectivity index (χ4n) is 3.06. The molecule has 1 unspecified atom stereocenters. The van der Waals surface area contributed by atoms with Crippen LogP contribution in [0.25, 0.3) is 0 Å². The van der Waals surface area contributed by atoms with Crippen LogP contribution in [0.15, 0.2) is 42.5 Å². The maximum atomic E-state index is 13.7. The molecule has 136 valence electrons. The molecule has 26 heavy (non-hydrogen) atoms. The predicted molar refractivity (Wildman–Crippen MR) is 95.9 cm³/mol. The van der Waals surface area contributed by atoms with Crippen LogP contribution in [-0.2, 0) is 9.59 Å². The summed E-state index contributed by atoms with van der Waals surface area (Å²) in [6.45, 7) is 2.11. The van der Waals surface area contributed by atoms with E-state index in [1.54, 1.807) is 19.1 Å². The van der Waals surface area contributed by atoms with Gasteiger partial charge in [0.05, 0.1) is 0 Å². The summed E-state index contributed by atoms with van der Waals surface area (Å²) in [6, 6.07) is 10.1. The Hall–Kier alpha value is -2.76. The molecule has 3 rings (SSSR count). The van der Waals surface area contributed by atoms with Crippen molar-refractivity contribution >= 4 is 23.2 Å². The number of nitrogens with one attached hydrogen (secondary N) is 1. The van der Waals surface area contributed by atoms with Crippen LogP contribution in [0.3, 0.4) is 0 Å². The molecule has 1 saturated heterocycles. The molecule has 2 aromatic rings. The maximum Gasteiger partial charge on any atom is 0.239 e. The van der Waals surface area contributed by atoms with Crippen molar-refractivity contribution in [3.63, 3.8) is 0 Å². The highest BCUT2D eigenvalue weighted by molar-refractivity contribution is 6.11. The molecule has 1 heterocycles. The first-order valence-electron chi connectivity index (χ1n) is 8.59. The van der Waals surface area contributed by atoms with Crippen molar-refractivity contribution in [3.05, 3.63) is 59.7 Å². The molecule has 0 radical (unpaired) electrons. The average Bonchev–Trinajstić information content (AvgIpc) is 2.81. The van der Waals surface area contributed by atoms with Crippen molar-refractivity contribution < 1.29 is 18.4 Å². The number of rotatable bonds is 3. The summed E-state index contributed by atoms with van der Waals surface area (Å²) in [5, 5.41) is 2.63. The van der Waals surface area contributed by atoms with Crippen LogP contribution in [0, 0.1) is 24.5 Å². The number of aryl methyl sites for hydroxylation is 1. The maximum absolute atomic E-state index is 13.7. The topological polar surface area (TPSA) is 49.4 Å². The van der Waals surface area contributed by atoms with Gasteiger partial charge in [0.2, 0.25) is 11.8 Å². The Bertz CT molecular complexity index is 821. The Labute approximate surface area is 150 Å². The van der Waals surface area contributed by atoms with Crippen LogP contribution in [-0.4, -0.2) is 18.4 Å². The van der Waals surface area contributed by atoms with Crippen molar-refractivity contribution in [2.75, 3.05) is 16.8 Å². The van der Waals surface area contributed by atoms with E-state index in [9.17, 15) is 18.4 Å². The third kappa shape index (κ3) is 3.90. The lowest BCUT2D eigenvalue weighted by atomic mass is 10.0. The lowest BCUT2D eigenvalue weighted by molar-refractivity contribution is -0.130. The van der Waals surface area contributed by atoms with Crippen LogP contribution in [0.4, 0.5) is 20.2 Å². The quantitative estimate of drug-likeness (QED) is 0.842. The normalized spacial score (nSPS) is 17.7. The molecule has 1 N–H and O–H groups in total. The van der Waals surface area contributed by atoms with Crippen molar-refractivity contribution in [2.45, 2.75) is 26.2 Å². The van der Waals surface area contributed by atoms with Crippen LogP contribution < -0.4 is 10.2 Å². The van der Waals surface area contributed by atoms with Crippen LogP contribution in [0.1, 0.15) is 24.8 Å². The summed E-state index contributed by atoms with van der Waals surface area (Å²) >= 11 is 0. The van der Waals surface area contributed by atoms with E-state index in [0.29, 0.717) is 29.9 Å². The summed E-state index contributed by atoms with van der Waals surface area (Å²) in [5.74, 6) is -2.42. The average molecular weight is 358 g/mol. The highest BCUT2D eigenvalue weighted by atomic mass is 19.1. The Morgan fingerprint density at radius 1 is 1.12 bits per heavy atom. The first-order chi connectivity index (χ1) is 12.5. The molecule has 0 saturated carbocycles. The Balaban J connectivity index is 1.78. The van der Waals surface area contributed by atoms with Gasteiger partial charge in [0.15, 0.2) is 0 Å². The van der Waals surface area contributed by atoms with E-state index in [1.807, 2.05) is 0 Å². The minimum atomic E-state index is -0.855. The van der Waals surface area contributed by atoms with Gasteiger partial charge < -0.3 is 10.2 Å². The van der Waals surface area contributed by atoms with E-state index < -0.39 is 17.6 Å². The second kappa shape index (κ2) is 7.64. The number of halogens is 2. The molecule has 0 spiro atoms. The summed E-state index contributed by atoms with van der Waals surface area (Å²) in [7, 11) is 0. The van der Waals surface area contributed by atoms with Crippen LogP contribution >= 0.6 is 0 Å². The zero-order valence-electron chi connectivity index (χ0n) is 14.5. The number of carbonyl (C=O) groups excluding carboxylic acids is 2. The van der Waals surface area contributed by atoms with E-state index >= 15 is 0 Å². The van der Waals surface area contributed by atoms with Gasteiger partial charge in [-0.05, 0) is 61.7 Å². The smallest absolute Gasteiger partial charge is 0.239 e. The van der Waals surface area contributed by atoms with Gasteiger partial charge in [-0.2, -0.15) is 0 Å². The number of nitrogens with zero attached hydrogens (tertiary/aromatic N) is 1. The molecule has 0 aromatic heterocycles. The zero-order valence-corrected chi connectivity index (χ0v) is 14.5. The monoisotopic (exact) mass is 358 g/mol. The van der Waals surface area contributed by atoms with Gasteiger partial charge in [0, 0.05) is 17.9 Å². The van der Waals surface area contributed by atoms with Gasteiger partial charge in [0.25, 0.3) is 0 Å². The lowest BCUT2D eigenvalue weighted by Crippen LogP contribution is -2.40. The molecule has 0 bridgehead atoms. The molecule has 1 aliphatic heterocycles. The Morgan fingerprint density at radius 2 is 1.85 bits per heavy atom. The fraction of sp³-hybridized carbons (Fsp3) is 0.300. The first kappa shape index (κ1) is 18.0. The van der Waals surface area contributed by atoms with Gasteiger partial charge in [-0.15, -0.1) is 0 Å². The van der Waals surface area contributed by atoms with Crippen molar-refractivity contribution in [1.82, 2.24) is 0 Å². The second-order valence-electron chi connectivity index (χ2n) is 6.47. The number of hydrogen-bond acceptors (Lipinski definition) is 2.